The summed E-state index contributed by atoms with van der Waals surface area (Å²) in [6.45, 7) is 0. The minimum atomic E-state index is -0.386. The van der Waals surface area contributed by atoms with E-state index in [1.165, 1.54) is 36.7 Å². The molecule has 7 nitrogen and oxygen atoms in total. The number of benzene rings is 4. The minimum Gasteiger partial charge on any atom is -0.503 e. The Morgan fingerprint density at radius 1 is 0.490 bits per heavy atom. The number of ether oxygens (including phenoxy) is 2. The number of aromatic nitrogens is 5. The van der Waals surface area contributed by atoms with Gasteiger partial charge in [-0.15, -0.1) is 71.8 Å². The molecule has 0 saturated carbocycles. The largest absolute Gasteiger partial charge is 2.00 e. The second-order valence-electron chi connectivity index (χ2n) is 10.3. The van der Waals surface area contributed by atoms with Gasteiger partial charge >= 0.3 is 40.8 Å². The molecule has 0 radical (unpaired) electrons. The summed E-state index contributed by atoms with van der Waals surface area (Å²) in [7, 11) is 0. The molecule has 0 atom stereocenters. The number of halogens is 2. The second kappa shape index (κ2) is 14.5. The van der Waals surface area contributed by atoms with Crippen LogP contribution in [0.5, 0.6) is 23.0 Å². The normalized spacial score (nSPS) is 10.7. The molecule has 11 heteroatoms. The molecule has 0 unspecified atom stereocenters. The van der Waals surface area contributed by atoms with Crippen molar-refractivity contribution in [2.45, 2.75) is 0 Å². The summed E-state index contributed by atoms with van der Waals surface area (Å²) >= 11 is 0. The average Bonchev–Trinajstić information content (AvgIpc) is 3.41. The third-order valence-electron chi connectivity index (χ3n) is 7.26. The van der Waals surface area contributed by atoms with Gasteiger partial charge in [-0.05, 0) is 41.7 Å². The van der Waals surface area contributed by atoms with Crippen LogP contribution in [0, 0.1) is 35.9 Å². The molecule has 4 aromatic heterocycles. The van der Waals surface area contributed by atoms with Gasteiger partial charge < -0.3 is 24.0 Å². The first-order valence-corrected chi connectivity index (χ1v) is 14.4. The molecular formula is C38H19F2N5O2Pd2. The maximum atomic E-state index is 13.8. The van der Waals surface area contributed by atoms with E-state index in [1.54, 1.807) is 54.9 Å². The predicted octanol–water partition coefficient (Wildman–Crippen LogP) is 8.76. The van der Waals surface area contributed by atoms with E-state index in [0.29, 0.717) is 62.5 Å². The topological polar surface area (TPSA) is 75.0 Å². The van der Waals surface area contributed by atoms with Gasteiger partial charge in [0.05, 0.1) is 0 Å². The molecule has 8 rings (SSSR count). The van der Waals surface area contributed by atoms with Gasteiger partial charge in [-0.1, -0.05) is 23.2 Å². The molecule has 0 aliphatic carbocycles. The van der Waals surface area contributed by atoms with Gasteiger partial charge in [0.15, 0.2) is 0 Å². The Labute approximate surface area is 306 Å². The zero-order valence-corrected chi connectivity index (χ0v) is 28.0. The number of hydrogen-bond acceptors (Lipinski definition) is 6. The van der Waals surface area contributed by atoms with Gasteiger partial charge in [0, 0.05) is 47.8 Å². The first-order valence-electron chi connectivity index (χ1n) is 14.4. The van der Waals surface area contributed by atoms with Gasteiger partial charge in [-0.3, -0.25) is 0 Å². The Hall–Kier alpha value is -5.16. The number of rotatable bonds is 7. The SMILES string of the molecule is Fc1ccnc(-c2[c-]c(Oc3[c-]c4c(cc3)c3ccc(Oc5[c-]c(-c6cc(F)ccn6)ccc5)[c-]c3n4-c3ncccn3)ccc2)c1.[Pd+2].[Pd+2]. The van der Waals surface area contributed by atoms with E-state index < -0.39 is 0 Å². The number of hydrogen-bond donors (Lipinski definition) is 0. The molecular weight excluding hydrogens is 809 g/mol. The summed E-state index contributed by atoms with van der Waals surface area (Å²) in [6, 6.07) is 38.2. The Morgan fingerprint density at radius 3 is 1.43 bits per heavy atom. The Morgan fingerprint density at radius 2 is 0.959 bits per heavy atom. The van der Waals surface area contributed by atoms with Crippen molar-refractivity contribution >= 4 is 21.8 Å². The van der Waals surface area contributed by atoms with Crippen LogP contribution in [0.4, 0.5) is 8.78 Å². The molecule has 0 aliphatic heterocycles. The van der Waals surface area contributed by atoms with E-state index >= 15 is 0 Å². The molecule has 49 heavy (non-hydrogen) atoms. The molecule has 0 spiro atoms. The maximum absolute atomic E-state index is 13.8. The minimum absolute atomic E-state index is 0. The number of pyridine rings is 2. The van der Waals surface area contributed by atoms with Crippen LogP contribution in [-0.4, -0.2) is 24.5 Å². The summed E-state index contributed by atoms with van der Waals surface area (Å²) in [6.07, 6.45) is 6.13. The molecule has 0 bridgehead atoms. The van der Waals surface area contributed by atoms with Gasteiger partial charge in [0.25, 0.3) is 0 Å². The summed E-state index contributed by atoms with van der Waals surface area (Å²) in [5.41, 5.74) is 3.38. The molecule has 4 aromatic carbocycles. The molecule has 0 aliphatic rings. The van der Waals surface area contributed by atoms with Gasteiger partial charge in [0.2, 0.25) is 5.95 Å². The molecule has 0 fully saturated rings. The van der Waals surface area contributed by atoms with Crippen molar-refractivity contribution in [3.8, 4) is 51.5 Å². The van der Waals surface area contributed by atoms with Crippen LogP contribution in [0.15, 0.2) is 116 Å². The fourth-order valence-corrected chi connectivity index (χ4v) is 5.21. The van der Waals surface area contributed by atoms with Crippen LogP contribution < -0.4 is 9.47 Å². The summed E-state index contributed by atoms with van der Waals surface area (Å²) < 4.78 is 41.8. The average molecular weight is 828 g/mol. The summed E-state index contributed by atoms with van der Waals surface area (Å²) in [5.74, 6) is 1.31. The Bertz CT molecular complexity index is 2280. The van der Waals surface area contributed by atoms with Crippen LogP contribution >= 0.6 is 0 Å². The van der Waals surface area contributed by atoms with Crippen molar-refractivity contribution in [3.05, 3.63) is 152 Å². The van der Waals surface area contributed by atoms with Crippen LogP contribution in [0.3, 0.4) is 0 Å². The Balaban J connectivity index is 0.00000208. The third kappa shape index (κ3) is 7.03. The van der Waals surface area contributed by atoms with Crippen molar-refractivity contribution in [1.29, 1.82) is 0 Å². The smallest absolute Gasteiger partial charge is 0.503 e. The van der Waals surface area contributed by atoms with Crippen molar-refractivity contribution in [2.24, 2.45) is 0 Å². The van der Waals surface area contributed by atoms with Crippen molar-refractivity contribution < 1.29 is 59.1 Å². The van der Waals surface area contributed by atoms with E-state index in [4.69, 9.17) is 9.47 Å². The zero-order valence-electron chi connectivity index (χ0n) is 24.9. The van der Waals surface area contributed by atoms with E-state index in [9.17, 15) is 8.78 Å². The fraction of sp³-hybridized carbons (Fsp3) is 0. The maximum Gasteiger partial charge on any atom is 2.00 e. The molecule has 8 aromatic rings. The van der Waals surface area contributed by atoms with Crippen LogP contribution in [-0.2, 0) is 40.8 Å². The van der Waals surface area contributed by atoms with Crippen molar-refractivity contribution in [3.63, 3.8) is 0 Å². The summed E-state index contributed by atoms with van der Waals surface area (Å²) in [5, 5.41) is 1.74. The third-order valence-corrected chi connectivity index (χ3v) is 7.26. The van der Waals surface area contributed by atoms with Crippen LogP contribution in [0.2, 0.25) is 0 Å². The van der Waals surface area contributed by atoms with E-state index in [-0.39, 0.29) is 52.5 Å². The fourth-order valence-electron chi connectivity index (χ4n) is 5.21. The van der Waals surface area contributed by atoms with Crippen LogP contribution in [0.1, 0.15) is 0 Å². The second-order valence-corrected chi connectivity index (χ2v) is 10.3. The van der Waals surface area contributed by atoms with Gasteiger partial charge in [-0.2, -0.15) is 22.9 Å². The number of fused-ring (bicyclic) bond motifs is 3. The van der Waals surface area contributed by atoms with Crippen molar-refractivity contribution in [2.75, 3.05) is 0 Å². The molecule has 4 heterocycles. The standard InChI is InChI=1S/C38H19F2N5O2.2Pd/c39-26-12-16-41-34(20-26)24-4-1-6-28(18-24)46-30-8-10-32-33-11-9-31(23-37(33)45(36(32)22-30)38-43-14-3-15-44-38)47-29-7-2-5-25(19-29)35-21-27(40)13-17-42-35;;/h1-17,20-21H;;/q-4;2*+2. The molecule has 0 amide bonds. The quantitative estimate of drug-likeness (QED) is 0.118. The van der Waals surface area contributed by atoms with Crippen molar-refractivity contribution in [1.82, 2.24) is 24.5 Å². The molecule has 0 N–H and O–H groups in total. The van der Waals surface area contributed by atoms with Gasteiger partial charge in [-0.25, -0.2) is 18.7 Å². The van der Waals surface area contributed by atoms with Crippen LogP contribution in [0.25, 0.3) is 50.3 Å². The van der Waals surface area contributed by atoms with E-state index in [1.807, 2.05) is 28.8 Å². The number of nitrogens with zero attached hydrogens (tertiary/aromatic N) is 5. The predicted molar refractivity (Wildman–Crippen MR) is 171 cm³/mol. The van der Waals surface area contributed by atoms with E-state index in [0.717, 1.165) is 10.8 Å². The summed E-state index contributed by atoms with van der Waals surface area (Å²) in [4.78, 5) is 17.5. The van der Waals surface area contributed by atoms with E-state index in [2.05, 4.69) is 44.2 Å². The monoisotopic (exact) mass is 827 g/mol. The first-order chi connectivity index (χ1) is 23.1. The zero-order chi connectivity index (χ0) is 31.7. The first kappa shape index (κ1) is 33.7. The van der Waals surface area contributed by atoms with Gasteiger partial charge in [0.1, 0.15) is 11.6 Å². The Kier molecular flexibility index (Phi) is 10.0. The molecule has 242 valence electrons. The molecule has 0 saturated heterocycles.